The molecule has 2 fully saturated rings. The number of hydrogen-bond acceptors (Lipinski definition) is 6. The molecule has 1 aromatic carbocycles. The first-order valence-electron chi connectivity index (χ1n) is 11.3. The third-order valence-corrected chi connectivity index (χ3v) is 6.48. The van der Waals surface area contributed by atoms with Crippen LogP contribution in [-0.2, 0) is 4.74 Å². The minimum absolute atomic E-state index is 0.0689. The summed E-state index contributed by atoms with van der Waals surface area (Å²) in [5.74, 6) is 2.52. The molecule has 8 nitrogen and oxygen atoms in total. The maximum absolute atomic E-state index is 5.59. The Morgan fingerprint density at radius 1 is 1.19 bits per heavy atom. The number of rotatable bonds is 8. The van der Waals surface area contributed by atoms with Crippen LogP contribution < -0.4 is 25.0 Å². The topological polar surface area (TPSA) is 70.6 Å². The van der Waals surface area contributed by atoms with Gasteiger partial charge in [0.1, 0.15) is 11.5 Å². The van der Waals surface area contributed by atoms with Gasteiger partial charge in [0.15, 0.2) is 5.96 Å². The Morgan fingerprint density at radius 3 is 2.45 bits per heavy atom. The monoisotopic (exact) mass is 433 g/mol. The van der Waals surface area contributed by atoms with Crippen LogP contribution in [0.15, 0.2) is 23.2 Å². The Bertz CT molecular complexity index is 712. The minimum Gasteiger partial charge on any atom is -0.497 e. The second-order valence-electron chi connectivity index (χ2n) is 8.57. The highest BCUT2D eigenvalue weighted by Gasteiger charge is 2.35. The lowest BCUT2D eigenvalue weighted by Gasteiger charge is -2.41. The Hall–Kier alpha value is -2.19. The molecule has 2 saturated heterocycles. The molecule has 174 valence electrons. The minimum atomic E-state index is 0.0689. The molecule has 2 aliphatic rings. The van der Waals surface area contributed by atoms with Crippen LogP contribution in [0, 0.1) is 0 Å². The van der Waals surface area contributed by atoms with E-state index in [0.717, 1.165) is 81.8 Å². The van der Waals surface area contributed by atoms with Crippen LogP contribution in [0.3, 0.4) is 0 Å². The zero-order valence-corrected chi connectivity index (χ0v) is 19.7. The Morgan fingerprint density at radius 2 is 1.87 bits per heavy atom. The Labute approximate surface area is 186 Å². The van der Waals surface area contributed by atoms with Gasteiger partial charge < -0.3 is 34.6 Å². The van der Waals surface area contributed by atoms with Gasteiger partial charge >= 0.3 is 0 Å². The van der Waals surface area contributed by atoms with Gasteiger partial charge in [-0.2, -0.15) is 0 Å². The fourth-order valence-corrected chi connectivity index (χ4v) is 4.33. The Kier molecular flexibility index (Phi) is 8.26. The van der Waals surface area contributed by atoms with Gasteiger partial charge in [0, 0.05) is 68.3 Å². The number of guanidine groups is 1. The van der Waals surface area contributed by atoms with E-state index in [1.807, 2.05) is 6.07 Å². The van der Waals surface area contributed by atoms with Crippen molar-refractivity contribution in [3.05, 3.63) is 18.2 Å². The molecule has 1 atom stereocenters. The van der Waals surface area contributed by atoms with Crippen molar-refractivity contribution in [3.63, 3.8) is 0 Å². The number of nitrogens with zero attached hydrogens (tertiary/aromatic N) is 3. The number of ether oxygens (including phenoxy) is 3. The number of methoxy groups -OCH3 is 2. The van der Waals surface area contributed by atoms with Gasteiger partial charge in [-0.3, -0.25) is 4.99 Å². The second kappa shape index (κ2) is 10.9. The first-order chi connectivity index (χ1) is 15.0. The van der Waals surface area contributed by atoms with E-state index in [1.54, 1.807) is 14.2 Å². The van der Waals surface area contributed by atoms with Gasteiger partial charge in [0.05, 0.1) is 20.8 Å². The van der Waals surface area contributed by atoms with E-state index in [4.69, 9.17) is 19.2 Å². The number of anilines is 1. The third-order valence-electron chi connectivity index (χ3n) is 6.48. The molecule has 31 heavy (non-hydrogen) atoms. The van der Waals surface area contributed by atoms with Gasteiger partial charge in [0.25, 0.3) is 0 Å². The zero-order chi connectivity index (χ0) is 22.3. The largest absolute Gasteiger partial charge is 0.497 e. The quantitative estimate of drug-likeness (QED) is 0.480. The maximum atomic E-state index is 5.59. The van der Waals surface area contributed by atoms with Crippen molar-refractivity contribution in [2.75, 3.05) is 72.6 Å². The van der Waals surface area contributed by atoms with Crippen LogP contribution in [0.2, 0.25) is 0 Å². The predicted octanol–water partition coefficient (Wildman–Crippen LogP) is 1.95. The molecule has 2 heterocycles. The zero-order valence-electron chi connectivity index (χ0n) is 19.7. The number of aliphatic imine (C=N–C) groups is 1. The molecule has 0 spiro atoms. The first kappa shape index (κ1) is 23.5. The number of likely N-dealkylation sites (N-methyl/N-ethyl adjacent to an activating group) is 1. The van der Waals surface area contributed by atoms with E-state index in [-0.39, 0.29) is 5.54 Å². The molecule has 1 unspecified atom stereocenters. The highest BCUT2D eigenvalue weighted by atomic mass is 16.5. The van der Waals surface area contributed by atoms with Crippen molar-refractivity contribution in [3.8, 4) is 11.5 Å². The summed E-state index contributed by atoms with van der Waals surface area (Å²) in [5.41, 5.74) is 1.19. The smallest absolute Gasteiger partial charge is 0.191 e. The normalized spacial score (nSPS) is 21.3. The lowest BCUT2D eigenvalue weighted by atomic mass is 9.89. The summed E-state index contributed by atoms with van der Waals surface area (Å²) in [7, 11) is 7.67. The molecule has 0 amide bonds. The fourth-order valence-electron chi connectivity index (χ4n) is 4.33. The van der Waals surface area contributed by atoms with Crippen molar-refractivity contribution in [2.24, 2.45) is 4.99 Å². The molecule has 2 aliphatic heterocycles. The number of hydrogen-bond donors (Lipinski definition) is 2. The summed E-state index contributed by atoms with van der Waals surface area (Å²) in [6.07, 6.45) is 3.08. The average Bonchev–Trinajstić information content (AvgIpc) is 3.26. The molecule has 0 aliphatic carbocycles. The molecular weight excluding hydrogens is 394 g/mol. The first-order valence-corrected chi connectivity index (χ1v) is 11.3. The lowest BCUT2D eigenvalue weighted by Crippen LogP contribution is -2.52. The highest BCUT2D eigenvalue weighted by molar-refractivity contribution is 5.80. The van der Waals surface area contributed by atoms with Crippen LogP contribution in [0.5, 0.6) is 11.5 Å². The van der Waals surface area contributed by atoms with Crippen LogP contribution in [-0.4, -0.2) is 90.1 Å². The van der Waals surface area contributed by atoms with Crippen molar-refractivity contribution in [1.82, 2.24) is 15.5 Å². The molecule has 1 aromatic rings. The van der Waals surface area contributed by atoms with E-state index < -0.39 is 0 Å². The molecule has 0 saturated carbocycles. The Balaban J connectivity index is 1.65. The fraction of sp³-hybridized carbons (Fsp3) is 0.696. The van der Waals surface area contributed by atoms with E-state index in [1.165, 1.54) is 0 Å². The summed E-state index contributed by atoms with van der Waals surface area (Å²) >= 11 is 0. The van der Waals surface area contributed by atoms with Crippen molar-refractivity contribution in [2.45, 2.75) is 37.8 Å². The van der Waals surface area contributed by atoms with Gasteiger partial charge in [-0.05, 0) is 40.3 Å². The van der Waals surface area contributed by atoms with Gasteiger partial charge in [-0.15, -0.1) is 0 Å². The molecule has 0 aromatic heterocycles. The molecule has 3 rings (SSSR count). The summed E-state index contributed by atoms with van der Waals surface area (Å²) in [5, 5.41) is 7.08. The summed E-state index contributed by atoms with van der Waals surface area (Å²) in [6, 6.07) is 6.37. The van der Waals surface area contributed by atoms with Crippen LogP contribution in [0.1, 0.15) is 26.2 Å². The second-order valence-corrected chi connectivity index (χ2v) is 8.57. The van der Waals surface area contributed by atoms with Crippen LogP contribution in [0.25, 0.3) is 0 Å². The maximum Gasteiger partial charge on any atom is 0.191 e. The van der Waals surface area contributed by atoms with Gasteiger partial charge in [-0.1, -0.05) is 0 Å². The standard InChI is InChI=1S/C23H39N5O3/c1-6-24-22(25-17-23(27(2)3)8-11-31-12-9-23)26-18-7-10-28(16-18)19-13-20(29-4)15-21(14-19)30-5/h13-15,18H,6-12,16-17H2,1-5H3,(H2,24,25,26). The predicted molar refractivity (Wildman–Crippen MR) is 126 cm³/mol. The molecule has 0 bridgehead atoms. The van der Waals surface area contributed by atoms with Crippen molar-refractivity contribution in [1.29, 1.82) is 0 Å². The molecule has 2 N–H and O–H groups in total. The summed E-state index contributed by atoms with van der Waals surface area (Å²) in [6.45, 7) is 7.21. The van der Waals surface area contributed by atoms with E-state index in [0.29, 0.717) is 6.04 Å². The molecule has 8 heteroatoms. The van der Waals surface area contributed by atoms with E-state index in [9.17, 15) is 0 Å². The number of benzene rings is 1. The van der Waals surface area contributed by atoms with Crippen molar-refractivity contribution >= 4 is 11.6 Å². The lowest BCUT2D eigenvalue weighted by molar-refractivity contribution is -0.00255. The third kappa shape index (κ3) is 5.95. The van der Waals surface area contributed by atoms with E-state index in [2.05, 4.69) is 53.6 Å². The van der Waals surface area contributed by atoms with Crippen LogP contribution >= 0.6 is 0 Å². The van der Waals surface area contributed by atoms with E-state index >= 15 is 0 Å². The van der Waals surface area contributed by atoms with Gasteiger partial charge in [-0.25, -0.2) is 0 Å². The summed E-state index contributed by atoms with van der Waals surface area (Å²) < 4.78 is 16.5. The summed E-state index contributed by atoms with van der Waals surface area (Å²) in [4.78, 5) is 9.67. The average molecular weight is 434 g/mol. The molecule has 0 radical (unpaired) electrons. The van der Waals surface area contributed by atoms with Gasteiger partial charge in [0.2, 0.25) is 0 Å². The van der Waals surface area contributed by atoms with Crippen LogP contribution in [0.4, 0.5) is 5.69 Å². The molecular formula is C23H39N5O3. The number of nitrogens with one attached hydrogen (secondary N) is 2. The van der Waals surface area contributed by atoms with Crippen molar-refractivity contribution < 1.29 is 14.2 Å². The highest BCUT2D eigenvalue weighted by Crippen LogP contribution is 2.30. The SMILES string of the molecule is CCNC(=NCC1(N(C)C)CCOCC1)NC1CCN(c2cc(OC)cc(OC)c2)C1.